The number of anilines is 1. The predicted molar refractivity (Wildman–Crippen MR) is 74.4 cm³/mol. The summed E-state index contributed by atoms with van der Waals surface area (Å²) in [6.45, 7) is 0. The highest BCUT2D eigenvalue weighted by Crippen LogP contribution is 2.30. The lowest BCUT2D eigenvalue weighted by molar-refractivity contribution is -0.134. The average molecular weight is 309 g/mol. The molecule has 2 amide bonds. The van der Waals surface area contributed by atoms with Crippen LogP contribution in [0.15, 0.2) is 24.3 Å². The van der Waals surface area contributed by atoms with Gasteiger partial charge in [0.2, 0.25) is 11.8 Å². The molecule has 1 aliphatic rings. The van der Waals surface area contributed by atoms with Crippen LogP contribution in [0.3, 0.4) is 0 Å². The summed E-state index contributed by atoms with van der Waals surface area (Å²) in [5.74, 6) is -3.48. The number of amides is 2. The van der Waals surface area contributed by atoms with Crippen molar-refractivity contribution in [2.45, 2.75) is 11.7 Å². The van der Waals surface area contributed by atoms with Gasteiger partial charge in [-0.2, -0.15) is 0 Å². The number of hydrogen-bond donors (Lipinski definition) is 2. The second-order valence-electron chi connectivity index (χ2n) is 4.32. The van der Waals surface area contributed by atoms with Crippen molar-refractivity contribution < 1.29 is 29.4 Å². The van der Waals surface area contributed by atoms with Crippen LogP contribution in [0.1, 0.15) is 16.8 Å². The number of thioether (sulfide) groups is 1. The number of benzene rings is 1. The number of nitrogens with zero attached hydrogens (tertiary/aromatic N) is 1. The number of rotatable bonds is 5. The first-order valence-corrected chi connectivity index (χ1v) is 6.98. The van der Waals surface area contributed by atoms with Gasteiger partial charge in [-0.3, -0.25) is 14.4 Å². The zero-order chi connectivity index (χ0) is 15.6. The van der Waals surface area contributed by atoms with Crippen LogP contribution in [0.5, 0.6) is 0 Å². The van der Waals surface area contributed by atoms with Crippen LogP contribution in [-0.2, 0) is 14.4 Å². The SMILES string of the molecule is O=C(O)CSC1CC(=O)N(c2cccc(C(=O)O)c2)C1=O. The normalized spacial score (nSPS) is 18.1. The summed E-state index contributed by atoms with van der Waals surface area (Å²) < 4.78 is 0. The second-order valence-corrected chi connectivity index (χ2v) is 5.51. The molecule has 0 radical (unpaired) electrons. The molecule has 0 saturated carbocycles. The molecule has 1 aliphatic heterocycles. The third kappa shape index (κ3) is 3.22. The Bertz CT molecular complexity index is 629. The van der Waals surface area contributed by atoms with Crippen LogP contribution >= 0.6 is 11.8 Å². The Morgan fingerprint density at radius 2 is 2.00 bits per heavy atom. The highest BCUT2D eigenvalue weighted by molar-refractivity contribution is 8.01. The third-order valence-electron chi connectivity index (χ3n) is 2.86. The smallest absolute Gasteiger partial charge is 0.335 e. The lowest BCUT2D eigenvalue weighted by Crippen LogP contribution is -2.31. The van der Waals surface area contributed by atoms with Gasteiger partial charge in [-0.05, 0) is 18.2 Å². The van der Waals surface area contributed by atoms with Gasteiger partial charge in [0.1, 0.15) is 0 Å². The maximum atomic E-state index is 12.2. The molecule has 0 aliphatic carbocycles. The topological polar surface area (TPSA) is 112 Å². The van der Waals surface area contributed by atoms with Gasteiger partial charge in [0.05, 0.1) is 22.3 Å². The molecule has 1 saturated heterocycles. The third-order valence-corrected chi connectivity index (χ3v) is 4.05. The molecule has 110 valence electrons. The van der Waals surface area contributed by atoms with E-state index in [4.69, 9.17) is 10.2 Å². The van der Waals surface area contributed by atoms with E-state index in [1.165, 1.54) is 24.3 Å². The molecular weight excluding hydrogens is 298 g/mol. The van der Waals surface area contributed by atoms with E-state index in [1.807, 2.05) is 0 Å². The summed E-state index contributed by atoms with van der Waals surface area (Å²) in [7, 11) is 0. The molecular formula is C13H11NO6S. The minimum atomic E-state index is -1.16. The van der Waals surface area contributed by atoms with Crippen LogP contribution in [0, 0.1) is 0 Å². The molecule has 1 unspecified atom stereocenters. The van der Waals surface area contributed by atoms with Crippen LogP contribution in [0.2, 0.25) is 0 Å². The molecule has 0 spiro atoms. The first kappa shape index (κ1) is 15.0. The minimum Gasteiger partial charge on any atom is -0.481 e. The Hall–Kier alpha value is -2.35. The summed E-state index contributed by atoms with van der Waals surface area (Å²) in [4.78, 5) is 46.4. The fraction of sp³-hybridized carbons (Fsp3) is 0.231. The molecule has 1 atom stereocenters. The predicted octanol–water partition coefficient (Wildman–Crippen LogP) is 0.835. The van der Waals surface area contributed by atoms with Gasteiger partial charge in [0, 0.05) is 6.42 Å². The largest absolute Gasteiger partial charge is 0.481 e. The number of aliphatic carboxylic acids is 1. The summed E-state index contributed by atoms with van der Waals surface area (Å²) in [5, 5.41) is 16.8. The molecule has 2 N–H and O–H groups in total. The van der Waals surface area contributed by atoms with Gasteiger partial charge < -0.3 is 10.2 Å². The number of carboxylic acid groups (broad SMARTS) is 2. The Kier molecular flexibility index (Phi) is 4.27. The highest BCUT2D eigenvalue weighted by atomic mass is 32.2. The van der Waals surface area contributed by atoms with Gasteiger partial charge in [0.25, 0.3) is 0 Å². The number of carboxylic acids is 2. The maximum Gasteiger partial charge on any atom is 0.335 e. The highest BCUT2D eigenvalue weighted by Gasteiger charge is 2.40. The average Bonchev–Trinajstić information content (AvgIpc) is 2.71. The van der Waals surface area contributed by atoms with Crippen molar-refractivity contribution in [2.24, 2.45) is 0 Å². The van der Waals surface area contributed by atoms with Gasteiger partial charge in [-0.25, -0.2) is 9.69 Å². The quantitative estimate of drug-likeness (QED) is 0.775. The molecule has 1 aromatic rings. The zero-order valence-corrected chi connectivity index (χ0v) is 11.5. The second kappa shape index (κ2) is 5.96. The van der Waals surface area contributed by atoms with Gasteiger partial charge in [-0.1, -0.05) is 6.07 Å². The van der Waals surface area contributed by atoms with Crippen molar-refractivity contribution in [1.29, 1.82) is 0 Å². The van der Waals surface area contributed by atoms with Crippen LogP contribution < -0.4 is 4.90 Å². The lowest BCUT2D eigenvalue weighted by atomic mass is 10.2. The van der Waals surface area contributed by atoms with Gasteiger partial charge in [0.15, 0.2) is 0 Å². The van der Waals surface area contributed by atoms with Crippen LogP contribution in [0.25, 0.3) is 0 Å². The summed E-state index contributed by atoms with van der Waals surface area (Å²) in [5.41, 5.74) is 0.151. The maximum absolute atomic E-state index is 12.2. The van der Waals surface area contributed by atoms with Gasteiger partial charge >= 0.3 is 11.9 Å². The standard InChI is InChI=1S/C13H11NO6S/c15-10-5-9(21-6-11(16)17)12(18)14(10)8-3-1-2-7(4-8)13(19)20/h1-4,9H,5-6H2,(H,16,17)(H,19,20). The fourth-order valence-corrected chi connectivity index (χ4v) is 2.81. The molecule has 0 aromatic heterocycles. The zero-order valence-electron chi connectivity index (χ0n) is 10.7. The van der Waals surface area contributed by atoms with E-state index in [0.29, 0.717) is 0 Å². The molecule has 7 nitrogen and oxygen atoms in total. The van der Waals surface area contributed by atoms with E-state index in [0.717, 1.165) is 16.7 Å². The molecule has 1 fully saturated rings. The van der Waals surface area contributed by atoms with Crippen LogP contribution in [0.4, 0.5) is 5.69 Å². The molecule has 8 heteroatoms. The summed E-state index contributed by atoms with van der Waals surface area (Å²) >= 11 is 0.885. The van der Waals surface area contributed by atoms with E-state index < -0.39 is 29.0 Å². The fourth-order valence-electron chi connectivity index (χ4n) is 1.96. The van der Waals surface area contributed by atoms with Crippen molar-refractivity contribution in [2.75, 3.05) is 10.7 Å². The Morgan fingerprint density at radius 1 is 1.29 bits per heavy atom. The van der Waals surface area contributed by atoms with Crippen molar-refractivity contribution in [3.8, 4) is 0 Å². The first-order chi connectivity index (χ1) is 9.90. The van der Waals surface area contributed by atoms with E-state index in [2.05, 4.69) is 0 Å². The lowest BCUT2D eigenvalue weighted by Gasteiger charge is -2.15. The number of hydrogen-bond acceptors (Lipinski definition) is 5. The monoisotopic (exact) mass is 309 g/mol. The van der Waals surface area contributed by atoms with E-state index >= 15 is 0 Å². The molecule has 1 heterocycles. The number of carbonyl (C=O) groups excluding carboxylic acids is 2. The summed E-state index contributed by atoms with van der Waals surface area (Å²) in [6.07, 6.45) is -0.0892. The Morgan fingerprint density at radius 3 is 2.62 bits per heavy atom. The van der Waals surface area contributed by atoms with E-state index in [-0.39, 0.29) is 23.4 Å². The van der Waals surface area contributed by atoms with E-state index in [9.17, 15) is 19.2 Å². The molecule has 1 aromatic carbocycles. The van der Waals surface area contributed by atoms with Crippen molar-refractivity contribution in [3.05, 3.63) is 29.8 Å². The van der Waals surface area contributed by atoms with Gasteiger partial charge in [-0.15, -0.1) is 11.8 Å². The van der Waals surface area contributed by atoms with Crippen molar-refractivity contribution >= 4 is 41.2 Å². The molecule has 21 heavy (non-hydrogen) atoms. The molecule has 0 bridgehead atoms. The Labute approximate surface area is 123 Å². The minimum absolute atomic E-state index is 0.0326. The van der Waals surface area contributed by atoms with E-state index in [1.54, 1.807) is 0 Å². The summed E-state index contributed by atoms with van der Waals surface area (Å²) in [6, 6.07) is 5.50. The number of carbonyl (C=O) groups is 4. The van der Waals surface area contributed by atoms with Crippen molar-refractivity contribution in [1.82, 2.24) is 0 Å². The number of imide groups is 1. The number of aromatic carboxylic acids is 1. The van der Waals surface area contributed by atoms with Crippen molar-refractivity contribution in [3.63, 3.8) is 0 Å². The van der Waals surface area contributed by atoms with Crippen LogP contribution in [-0.4, -0.2) is 45.0 Å². The Balaban J connectivity index is 2.22. The molecule has 2 rings (SSSR count). The first-order valence-electron chi connectivity index (χ1n) is 5.93.